The molecule has 130 valence electrons. The maximum absolute atomic E-state index is 10.5. The van der Waals surface area contributed by atoms with Crippen LogP contribution in [0.4, 0.5) is 0 Å². The molecule has 0 unspecified atom stereocenters. The highest BCUT2D eigenvalue weighted by Crippen LogP contribution is 2.34. The number of rotatable bonds is 6. The van der Waals surface area contributed by atoms with Crippen molar-refractivity contribution in [3.63, 3.8) is 0 Å². The van der Waals surface area contributed by atoms with Gasteiger partial charge in [-0.3, -0.25) is 0 Å². The standard InChI is InChI=1S/C20H20O5/c1-12(24-2)9-15-11-25-20-17(15)8-6-14(19(20)23)4-3-13-5-7-16(21)10-18(13)22/h5-8,10-11,21-23H,1,3-4,9H2,2H3. The summed E-state index contributed by atoms with van der Waals surface area (Å²) in [6, 6.07) is 8.26. The van der Waals surface area contributed by atoms with Crippen LogP contribution in [0.2, 0.25) is 0 Å². The van der Waals surface area contributed by atoms with Gasteiger partial charge in [0.2, 0.25) is 0 Å². The minimum absolute atomic E-state index is 0.0197. The van der Waals surface area contributed by atoms with Crippen LogP contribution < -0.4 is 0 Å². The van der Waals surface area contributed by atoms with E-state index >= 15 is 0 Å². The molecule has 5 heteroatoms. The Balaban J connectivity index is 1.83. The monoisotopic (exact) mass is 340 g/mol. The Morgan fingerprint density at radius 2 is 1.76 bits per heavy atom. The molecular formula is C20H20O5. The maximum Gasteiger partial charge on any atom is 0.176 e. The number of fused-ring (bicyclic) bond motifs is 1. The van der Waals surface area contributed by atoms with E-state index in [0.29, 0.717) is 36.2 Å². The lowest BCUT2D eigenvalue weighted by Gasteiger charge is -2.08. The highest BCUT2D eigenvalue weighted by molar-refractivity contribution is 5.87. The van der Waals surface area contributed by atoms with Gasteiger partial charge < -0.3 is 24.5 Å². The summed E-state index contributed by atoms with van der Waals surface area (Å²) < 4.78 is 10.6. The average molecular weight is 340 g/mol. The number of allylic oxidation sites excluding steroid dienone is 1. The predicted molar refractivity (Wildman–Crippen MR) is 94.9 cm³/mol. The number of phenolic OH excluding ortho intramolecular Hbond substituents is 3. The Kier molecular flexibility index (Phi) is 4.57. The highest BCUT2D eigenvalue weighted by Gasteiger charge is 2.15. The molecule has 3 N–H and O–H groups in total. The van der Waals surface area contributed by atoms with Crippen LogP contribution in [-0.2, 0) is 24.0 Å². The average Bonchev–Trinajstić information content (AvgIpc) is 2.99. The molecule has 0 aliphatic heterocycles. The first-order valence-electron chi connectivity index (χ1n) is 7.93. The van der Waals surface area contributed by atoms with Gasteiger partial charge in [0.15, 0.2) is 11.3 Å². The summed E-state index contributed by atoms with van der Waals surface area (Å²) in [6.07, 6.45) is 3.17. The van der Waals surface area contributed by atoms with E-state index in [1.54, 1.807) is 19.4 Å². The van der Waals surface area contributed by atoms with Crippen LogP contribution >= 0.6 is 0 Å². The molecule has 0 saturated carbocycles. The topological polar surface area (TPSA) is 83.1 Å². The number of phenols is 3. The van der Waals surface area contributed by atoms with Crippen molar-refractivity contribution in [3.8, 4) is 17.2 Å². The Bertz CT molecular complexity index is 923. The fraction of sp³-hybridized carbons (Fsp3) is 0.200. The largest absolute Gasteiger partial charge is 0.508 e. The first-order valence-corrected chi connectivity index (χ1v) is 7.93. The third kappa shape index (κ3) is 3.40. The van der Waals surface area contributed by atoms with Gasteiger partial charge in [0, 0.05) is 23.4 Å². The van der Waals surface area contributed by atoms with Crippen LogP contribution in [0, 0.1) is 0 Å². The van der Waals surface area contributed by atoms with E-state index < -0.39 is 0 Å². The smallest absolute Gasteiger partial charge is 0.176 e. The highest BCUT2D eigenvalue weighted by atomic mass is 16.5. The lowest BCUT2D eigenvalue weighted by molar-refractivity contribution is 0.285. The van der Waals surface area contributed by atoms with E-state index in [9.17, 15) is 15.3 Å². The second-order valence-electron chi connectivity index (χ2n) is 5.94. The molecule has 0 saturated heterocycles. The fourth-order valence-electron chi connectivity index (χ4n) is 2.83. The number of furan rings is 1. The SMILES string of the molecule is C=C(Cc1coc2c(O)c(CCc3ccc(O)cc3O)ccc12)OC. The molecule has 0 fully saturated rings. The van der Waals surface area contributed by atoms with E-state index in [-0.39, 0.29) is 17.2 Å². The van der Waals surface area contributed by atoms with Crippen molar-refractivity contribution in [2.45, 2.75) is 19.3 Å². The summed E-state index contributed by atoms with van der Waals surface area (Å²) in [7, 11) is 1.57. The molecule has 0 aliphatic carbocycles. The molecule has 2 aromatic carbocycles. The Morgan fingerprint density at radius 1 is 1.04 bits per heavy atom. The predicted octanol–water partition coefficient (Wildman–Crippen LogP) is 4.04. The molecule has 0 amide bonds. The first kappa shape index (κ1) is 16.8. The lowest BCUT2D eigenvalue weighted by atomic mass is 10.0. The summed E-state index contributed by atoms with van der Waals surface area (Å²) in [5.41, 5.74) is 2.77. The molecule has 3 aromatic rings. The molecule has 1 aromatic heterocycles. The van der Waals surface area contributed by atoms with Crippen molar-refractivity contribution in [1.82, 2.24) is 0 Å². The van der Waals surface area contributed by atoms with Crippen molar-refractivity contribution >= 4 is 11.0 Å². The van der Waals surface area contributed by atoms with Crippen LogP contribution in [0.25, 0.3) is 11.0 Å². The van der Waals surface area contributed by atoms with E-state index in [4.69, 9.17) is 9.15 Å². The number of ether oxygens (including phenoxy) is 1. The lowest BCUT2D eigenvalue weighted by Crippen LogP contribution is -1.93. The van der Waals surface area contributed by atoms with E-state index in [0.717, 1.165) is 16.5 Å². The van der Waals surface area contributed by atoms with Crippen molar-refractivity contribution in [2.75, 3.05) is 7.11 Å². The van der Waals surface area contributed by atoms with E-state index in [1.165, 1.54) is 12.1 Å². The molecule has 5 nitrogen and oxygen atoms in total. The fourth-order valence-corrected chi connectivity index (χ4v) is 2.83. The van der Waals surface area contributed by atoms with Gasteiger partial charge in [-0.05, 0) is 30.0 Å². The maximum atomic E-state index is 10.5. The molecular weight excluding hydrogens is 320 g/mol. The van der Waals surface area contributed by atoms with Crippen LogP contribution in [0.15, 0.2) is 53.4 Å². The van der Waals surface area contributed by atoms with Crippen molar-refractivity contribution in [2.24, 2.45) is 0 Å². The Labute approximate surface area is 145 Å². The number of benzene rings is 2. The second-order valence-corrected chi connectivity index (χ2v) is 5.94. The van der Waals surface area contributed by atoms with E-state index in [1.807, 2.05) is 12.1 Å². The van der Waals surface area contributed by atoms with Gasteiger partial charge >= 0.3 is 0 Å². The number of aryl methyl sites for hydroxylation is 2. The zero-order chi connectivity index (χ0) is 18.0. The van der Waals surface area contributed by atoms with Crippen molar-refractivity contribution in [3.05, 3.63) is 65.6 Å². The summed E-state index contributed by atoms with van der Waals surface area (Å²) in [5, 5.41) is 30.5. The molecule has 0 aliphatic rings. The Morgan fingerprint density at radius 3 is 2.48 bits per heavy atom. The van der Waals surface area contributed by atoms with Gasteiger partial charge in [-0.1, -0.05) is 24.8 Å². The normalized spacial score (nSPS) is 10.9. The first-order chi connectivity index (χ1) is 12.0. The minimum atomic E-state index is 0.0197. The molecule has 1 heterocycles. The van der Waals surface area contributed by atoms with Gasteiger partial charge in [0.25, 0.3) is 0 Å². The third-order valence-corrected chi connectivity index (χ3v) is 4.29. The molecule has 0 spiro atoms. The summed E-state index contributed by atoms with van der Waals surface area (Å²) >= 11 is 0. The van der Waals surface area contributed by atoms with Gasteiger partial charge in [-0.25, -0.2) is 0 Å². The van der Waals surface area contributed by atoms with Crippen LogP contribution in [0.3, 0.4) is 0 Å². The van der Waals surface area contributed by atoms with Gasteiger partial charge in [-0.2, -0.15) is 0 Å². The molecule has 3 rings (SSSR count). The number of hydrogen-bond acceptors (Lipinski definition) is 5. The number of methoxy groups -OCH3 is 1. The van der Waals surface area contributed by atoms with Gasteiger partial charge in [0.05, 0.1) is 19.1 Å². The van der Waals surface area contributed by atoms with Crippen molar-refractivity contribution in [1.29, 1.82) is 0 Å². The molecule has 0 atom stereocenters. The quantitative estimate of drug-likeness (QED) is 0.590. The van der Waals surface area contributed by atoms with Crippen LogP contribution in [-0.4, -0.2) is 22.4 Å². The molecule has 0 bridgehead atoms. The minimum Gasteiger partial charge on any atom is -0.508 e. The van der Waals surface area contributed by atoms with Crippen LogP contribution in [0.5, 0.6) is 17.2 Å². The van der Waals surface area contributed by atoms with E-state index in [2.05, 4.69) is 6.58 Å². The number of hydrogen-bond donors (Lipinski definition) is 3. The summed E-state index contributed by atoms with van der Waals surface area (Å²) in [4.78, 5) is 0. The Hall–Kier alpha value is -3.08. The zero-order valence-electron chi connectivity index (χ0n) is 14.0. The third-order valence-electron chi connectivity index (χ3n) is 4.29. The number of aromatic hydroxyl groups is 3. The zero-order valence-corrected chi connectivity index (χ0v) is 14.0. The van der Waals surface area contributed by atoms with Gasteiger partial charge in [-0.15, -0.1) is 0 Å². The van der Waals surface area contributed by atoms with Crippen LogP contribution in [0.1, 0.15) is 16.7 Å². The van der Waals surface area contributed by atoms with Gasteiger partial charge in [0.1, 0.15) is 11.5 Å². The summed E-state index contributed by atoms with van der Waals surface area (Å²) in [5.74, 6) is 0.782. The summed E-state index contributed by atoms with van der Waals surface area (Å²) in [6.45, 7) is 3.80. The second kappa shape index (κ2) is 6.81. The molecule has 0 radical (unpaired) electrons. The molecule has 25 heavy (non-hydrogen) atoms. The van der Waals surface area contributed by atoms with Crippen molar-refractivity contribution < 1.29 is 24.5 Å².